The first-order chi connectivity index (χ1) is 11.6. The van der Waals surface area contributed by atoms with E-state index in [-0.39, 0.29) is 17.5 Å². The lowest BCUT2D eigenvalue weighted by atomic mass is 10.1. The van der Waals surface area contributed by atoms with Crippen molar-refractivity contribution in [1.29, 1.82) is 0 Å². The summed E-state index contributed by atoms with van der Waals surface area (Å²) in [5.41, 5.74) is 1.01. The van der Waals surface area contributed by atoms with Crippen LogP contribution in [0, 0.1) is 0 Å². The van der Waals surface area contributed by atoms with Crippen LogP contribution in [0.15, 0.2) is 35.1 Å². The van der Waals surface area contributed by atoms with Crippen molar-refractivity contribution in [1.82, 2.24) is 14.8 Å². The second kappa shape index (κ2) is 6.74. The minimum atomic E-state index is -0.190. The first-order valence-electron chi connectivity index (χ1n) is 7.73. The van der Waals surface area contributed by atoms with Crippen molar-refractivity contribution >= 4 is 11.8 Å². The molecule has 7 heteroatoms. The fourth-order valence-electron chi connectivity index (χ4n) is 2.74. The summed E-state index contributed by atoms with van der Waals surface area (Å²) < 4.78 is 10.7. The van der Waals surface area contributed by atoms with Crippen LogP contribution in [-0.2, 0) is 4.79 Å². The molecule has 2 amide bonds. The molecule has 0 aliphatic carbocycles. The maximum absolute atomic E-state index is 12.8. The van der Waals surface area contributed by atoms with Gasteiger partial charge in [0.05, 0.1) is 7.11 Å². The van der Waals surface area contributed by atoms with Gasteiger partial charge in [0.15, 0.2) is 17.8 Å². The number of hydrogen-bond donors (Lipinski definition) is 0. The largest absolute Gasteiger partial charge is 0.497 e. The van der Waals surface area contributed by atoms with Crippen LogP contribution in [0.4, 0.5) is 0 Å². The van der Waals surface area contributed by atoms with Crippen LogP contribution in [0.3, 0.4) is 0 Å². The Kier molecular flexibility index (Phi) is 4.50. The standard InChI is InChI=1S/C17H19N3O4/c1-12(21)19-6-8-20(9-7-19)17(22)15-16(24-11-18-15)13-4-3-5-14(10-13)23-2/h3-5,10-11H,6-9H2,1-2H3. The minimum Gasteiger partial charge on any atom is -0.497 e. The number of carbonyl (C=O) groups is 2. The highest BCUT2D eigenvalue weighted by atomic mass is 16.5. The molecule has 0 saturated carbocycles. The molecule has 1 aliphatic heterocycles. The van der Waals surface area contributed by atoms with Gasteiger partial charge in [0.1, 0.15) is 5.75 Å². The molecular formula is C17H19N3O4. The van der Waals surface area contributed by atoms with E-state index in [9.17, 15) is 9.59 Å². The molecule has 0 radical (unpaired) electrons. The molecule has 126 valence electrons. The molecule has 0 N–H and O–H groups in total. The number of hydrogen-bond acceptors (Lipinski definition) is 5. The van der Waals surface area contributed by atoms with E-state index in [1.54, 1.807) is 23.0 Å². The van der Waals surface area contributed by atoms with Gasteiger partial charge in [-0.05, 0) is 12.1 Å². The van der Waals surface area contributed by atoms with E-state index in [4.69, 9.17) is 9.15 Å². The Balaban J connectivity index is 1.80. The summed E-state index contributed by atoms with van der Waals surface area (Å²) in [6.07, 6.45) is 1.27. The zero-order valence-corrected chi connectivity index (χ0v) is 13.7. The zero-order valence-electron chi connectivity index (χ0n) is 13.7. The molecule has 2 heterocycles. The Morgan fingerprint density at radius 3 is 2.54 bits per heavy atom. The van der Waals surface area contributed by atoms with Crippen LogP contribution < -0.4 is 4.74 Å². The molecule has 0 spiro atoms. The van der Waals surface area contributed by atoms with Crippen LogP contribution in [0.1, 0.15) is 17.4 Å². The molecule has 0 bridgehead atoms. The van der Waals surface area contributed by atoms with Crippen molar-refractivity contribution in [3.05, 3.63) is 36.4 Å². The van der Waals surface area contributed by atoms with Gasteiger partial charge in [-0.3, -0.25) is 9.59 Å². The first kappa shape index (κ1) is 16.0. The predicted molar refractivity (Wildman–Crippen MR) is 86.6 cm³/mol. The summed E-state index contributed by atoms with van der Waals surface area (Å²) in [5.74, 6) is 0.940. The quantitative estimate of drug-likeness (QED) is 0.856. The number of carbonyl (C=O) groups excluding carboxylic acids is 2. The van der Waals surface area contributed by atoms with E-state index in [1.165, 1.54) is 13.3 Å². The molecule has 1 aromatic heterocycles. The summed E-state index contributed by atoms with van der Waals surface area (Å²) in [4.78, 5) is 31.7. The Morgan fingerprint density at radius 2 is 1.88 bits per heavy atom. The fraction of sp³-hybridized carbons (Fsp3) is 0.353. The highest BCUT2D eigenvalue weighted by Gasteiger charge is 2.27. The summed E-state index contributed by atoms with van der Waals surface area (Å²) >= 11 is 0. The van der Waals surface area contributed by atoms with Crippen molar-refractivity contribution in [3.63, 3.8) is 0 Å². The average Bonchev–Trinajstić information content (AvgIpc) is 3.11. The average molecular weight is 329 g/mol. The van der Waals surface area contributed by atoms with Gasteiger partial charge in [-0.2, -0.15) is 0 Å². The normalized spacial score (nSPS) is 14.6. The number of aromatic nitrogens is 1. The van der Waals surface area contributed by atoms with Gasteiger partial charge < -0.3 is 19.0 Å². The van der Waals surface area contributed by atoms with Gasteiger partial charge >= 0.3 is 0 Å². The molecule has 2 aromatic rings. The van der Waals surface area contributed by atoms with E-state index < -0.39 is 0 Å². The Morgan fingerprint density at radius 1 is 1.17 bits per heavy atom. The SMILES string of the molecule is COc1cccc(-c2ocnc2C(=O)N2CCN(C(C)=O)CC2)c1. The molecular weight excluding hydrogens is 310 g/mol. The molecule has 3 rings (SSSR count). The third-order valence-electron chi connectivity index (χ3n) is 4.11. The third-order valence-corrected chi connectivity index (χ3v) is 4.11. The van der Waals surface area contributed by atoms with Crippen LogP contribution in [0.25, 0.3) is 11.3 Å². The fourth-order valence-corrected chi connectivity index (χ4v) is 2.74. The highest BCUT2D eigenvalue weighted by molar-refractivity contribution is 5.97. The molecule has 1 fully saturated rings. The predicted octanol–water partition coefficient (Wildman–Crippen LogP) is 1.65. The van der Waals surface area contributed by atoms with Gasteiger partial charge in [0.25, 0.3) is 5.91 Å². The number of oxazole rings is 1. The summed E-state index contributed by atoms with van der Waals surface area (Å²) in [6, 6.07) is 7.29. The molecule has 7 nitrogen and oxygen atoms in total. The summed E-state index contributed by atoms with van der Waals surface area (Å²) in [7, 11) is 1.58. The van der Waals surface area contributed by atoms with E-state index in [0.717, 1.165) is 5.56 Å². The van der Waals surface area contributed by atoms with E-state index in [0.29, 0.717) is 37.7 Å². The number of nitrogens with zero attached hydrogens (tertiary/aromatic N) is 3. The Labute approximate surface area is 139 Å². The highest BCUT2D eigenvalue weighted by Crippen LogP contribution is 2.27. The Hall–Kier alpha value is -2.83. The number of amides is 2. The van der Waals surface area contributed by atoms with E-state index >= 15 is 0 Å². The van der Waals surface area contributed by atoms with Crippen molar-refractivity contribution in [2.24, 2.45) is 0 Å². The number of benzene rings is 1. The van der Waals surface area contributed by atoms with E-state index in [1.807, 2.05) is 18.2 Å². The third kappa shape index (κ3) is 3.10. The lowest BCUT2D eigenvalue weighted by Crippen LogP contribution is -2.50. The lowest BCUT2D eigenvalue weighted by Gasteiger charge is -2.33. The maximum Gasteiger partial charge on any atom is 0.276 e. The van der Waals surface area contributed by atoms with Crippen molar-refractivity contribution in [2.75, 3.05) is 33.3 Å². The van der Waals surface area contributed by atoms with Crippen LogP contribution in [-0.4, -0.2) is 59.9 Å². The summed E-state index contributed by atoms with van der Waals surface area (Å²) in [5, 5.41) is 0. The lowest BCUT2D eigenvalue weighted by molar-refractivity contribution is -0.130. The van der Waals surface area contributed by atoms with Crippen molar-refractivity contribution in [2.45, 2.75) is 6.92 Å². The molecule has 0 atom stereocenters. The van der Waals surface area contributed by atoms with Gasteiger partial charge in [0.2, 0.25) is 5.91 Å². The monoisotopic (exact) mass is 329 g/mol. The minimum absolute atomic E-state index is 0.0283. The van der Waals surface area contributed by atoms with Crippen LogP contribution >= 0.6 is 0 Å². The van der Waals surface area contributed by atoms with Crippen molar-refractivity contribution < 1.29 is 18.7 Å². The first-order valence-corrected chi connectivity index (χ1v) is 7.73. The topological polar surface area (TPSA) is 75.9 Å². The molecule has 1 aromatic carbocycles. The molecule has 1 saturated heterocycles. The maximum atomic E-state index is 12.8. The molecule has 1 aliphatic rings. The van der Waals surface area contributed by atoms with Crippen LogP contribution in [0.2, 0.25) is 0 Å². The van der Waals surface area contributed by atoms with Crippen LogP contribution in [0.5, 0.6) is 5.75 Å². The van der Waals surface area contributed by atoms with Gasteiger partial charge in [-0.1, -0.05) is 12.1 Å². The second-order valence-electron chi connectivity index (χ2n) is 5.56. The molecule has 0 unspecified atom stereocenters. The van der Waals surface area contributed by atoms with Crippen molar-refractivity contribution in [3.8, 4) is 17.1 Å². The van der Waals surface area contributed by atoms with Gasteiger partial charge in [0, 0.05) is 38.7 Å². The Bertz CT molecular complexity index is 748. The van der Waals surface area contributed by atoms with Gasteiger partial charge in [-0.25, -0.2) is 4.98 Å². The number of piperazine rings is 1. The number of ether oxygens (including phenoxy) is 1. The van der Waals surface area contributed by atoms with Gasteiger partial charge in [-0.15, -0.1) is 0 Å². The summed E-state index contributed by atoms with van der Waals surface area (Å²) in [6.45, 7) is 3.59. The second-order valence-corrected chi connectivity index (χ2v) is 5.56. The number of methoxy groups -OCH3 is 1. The molecule has 24 heavy (non-hydrogen) atoms. The smallest absolute Gasteiger partial charge is 0.276 e. The zero-order chi connectivity index (χ0) is 17.1. The van der Waals surface area contributed by atoms with E-state index in [2.05, 4.69) is 4.98 Å². The number of rotatable bonds is 3.